The molecule has 1 fully saturated rings. The van der Waals surface area contributed by atoms with Gasteiger partial charge in [-0.25, -0.2) is 4.39 Å². The van der Waals surface area contributed by atoms with Crippen LogP contribution in [0.15, 0.2) is 54.3 Å². The van der Waals surface area contributed by atoms with Gasteiger partial charge in [0, 0.05) is 30.3 Å². The van der Waals surface area contributed by atoms with Crippen LogP contribution in [-0.4, -0.2) is 29.6 Å². The lowest BCUT2D eigenvalue weighted by atomic mass is 9.74. The minimum atomic E-state index is -1.31. The lowest BCUT2D eigenvalue weighted by molar-refractivity contribution is 0.0175. The highest BCUT2D eigenvalue weighted by Gasteiger charge is 2.37. The quantitative estimate of drug-likeness (QED) is 0.676. The fraction of sp³-hybridized carbons (Fsp3) is 0.370. The SMILES string of the molecule is N#Cc1ccc(COC2C(C3CCC3)=CC=C(c3cnc4c(c3)OCCC(=N)C4)C2F)cc1. The number of pyridine rings is 1. The summed E-state index contributed by atoms with van der Waals surface area (Å²) in [5.41, 5.74) is 5.08. The minimum Gasteiger partial charge on any atom is -0.491 e. The molecule has 0 radical (unpaired) electrons. The van der Waals surface area contributed by atoms with Crippen molar-refractivity contribution in [1.29, 1.82) is 10.7 Å². The van der Waals surface area contributed by atoms with E-state index in [1.807, 2.05) is 30.4 Å². The standard InChI is InChI=1S/C27H26FN3O2/c28-26-22(20-12-25-24(31-15-20)13-21(30)10-11-32-25)8-9-23(19-2-1-3-19)27(26)33-16-18-6-4-17(14-29)5-7-18/h4-9,12,15,19,26-27,30H,1-3,10-11,13,16H2. The van der Waals surface area contributed by atoms with E-state index in [2.05, 4.69) is 11.1 Å². The van der Waals surface area contributed by atoms with Crippen LogP contribution < -0.4 is 4.74 Å². The summed E-state index contributed by atoms with van der Waals surface area (Å²) in [6.07, 6.45) is 7.96. The Morgan fingerprint density at radius 2 is 2.03 bits per heavy atom. The molecule has 1 aromatic heterocycles. The fourth-order valence-electron chi connectivity index (χ4n) is 4.58. The molecule has 1 N–H and O–H groups in total. The predicted molar refractivity (Wildman–Crippen MR) is 124 cm³/mol. The maximum absolute atomic E-state index is 16.0. The normalized spacial score (nSPS) is 22.7. The molecule has 6 heteroatoms. The van der Waals surface area contributed by atoms with Gasteiger partial charge in [-0.1, -0.05) is 30.7 Å². The topological polar surface area (TPSA) is 79.0 Å². The van der Waals surface area contributed by atoms with Crippen molar-refractivity contribution in [2.45, 2.75) is 51.0 Å². The van der Waals surface area contributed by atoms with Crippen molar-refractivity contribution < 1.29 is 13.9 Å². The Balaban J connectivity index is 1.40. The maximum atomic E-state index is 16.0. The van der Waals surface area contributed by atoms with Crippen LogP contribution >= 0.6 is 0 Å². The van der Waals surface area contributed by atoms with E-state index in [1.54, 1.807) is 18.3 Å². The molecule has 1 saturated carbocycles. The van der Waals surface area contributed by atoms with Crippen molar-refractivity contribution in [2.75, 3.05) is 6.61 Å². The maximum Gasteiger partial charge on any atom is 0.156 e. The highest BCUT2D eigenvalue weighted by molar-refractivity contribution is 5.84. The van der Waals surface area contributed by atoms with Crippen molar-refractivity contribution in [3.8, 4) is 11.8 Å². The Kier molecular flexibility index (Phi) is 6.06. The number of nitrogens with one attached hydrogen (secondary N) is 1. The number of aromatic nitrogens is 1. The van der Waals surface area contributed by atoms with Gasteiger partial charge in [-0.05, 0) is 53.7 Å². The molecule has 5 nitrogen and oxygen atoms in total. The summed E-state index contributed by atoms with van der Waals surface area (Å²) in [7, 11) is 0. The van der Waals surface area contributed by atoms with Gasteiger partial charge in [-0.2, -0.15) is 5.26 Å². The molecule has 1 aromatic carbocycles. The number of nitriles is 1. The van der Waals surface area contributed by atoms with Crippen molar-refractivity contribution in [3.05, 3.63) is 76.6 Å². The summed E-state index contributed by atoms with van der Waals surface area (Å²) in [5.74, 6) is 0.998. The molecule has 0 saturated heterocycles. The Morgan fingerprint density at radius 3 is 2.76 bits per heavy atom. The second-order valence-electron chi connectivity index (χ2n) is 8.91. The Morgan fingerprint density at radius 1 is 1.21 bits per heavy atom. The zero-order valence-electron chi connectivity index (χ0n) is 18.4. The van der Waals surface area contributed by atoms with E-state index in [-0.39, 0.29) is 6.61 Å². The second-order valence-corrected chi connectivity index (χ2v) is 8.91. The van der Waals surface area contributed by atoms with Crippen LogP contribution in [0.3, 0.4) is 0 Å². The summed E-state index contributed by atoms with van der Waals surface area (Å²) in [6, 6.07) is 11.2. The van der Waals surface area contributed by atoms with Gasteiger partial charge in [-0.3, -0.25) is 4.98 Å². The molecule has 33 heavy (non-hydrogen) atoms. The third kappa shape index (κ3) is 4.46. The smallest absolute Gasteiger partial charge is 0.156 e. The molecule has 2 atom stereocenters. The molecule has 2 unspecified atom stereocenters. The van der Waals surface area contributed by atoms with Crippen LogP contribution in [0.1, 0.15) is 48.1 Å². The van der Waals surface area contributed by atoms with Gasteiger partial charge in [0.15, 0.2) is 6.17 Å². The summed E-state index contributed by atoms with van der Waals surface area (Å²) in [6.45, 7) is 0.721. The number of fused-ring (bicyclic) bond motifs is 1. The van der Waals surface area contributed by atoms with Crippen molar-refractivity contribution in [3.63, 3.8) is 0 Å². The van der Waals surface area contributed by atoms with Crippen LogP contribution in [0.25, 0.3) is 5.57 Å². The molecule has 0 spiro atoms. The number of allylic oxidation sites excluding steroid dienone is 2. The molecule has 2 aromatic rings. The summed E-state index contributed by atoms with van der Waals surface area (Å²) in [4.78, 5) is 4.49. The highest BCUT2D eigenvalue weighted by Crippen LogP contribution is 2.42. The zero-order chi connectivity index (χ0) is 22.8. The van der Waals surface area contributed by atoms with E-state index >= 15 is 4.39 Å². The number of hydrogen-bond acceptors (Lipinski definition) is 5. The second kappa shape index (κ2) is 9.29. The molecule has 3 aliphatic rings. The molecule has 2 aliphatic carbocycles. The van der Waals surface area contributed by atoms with Crippen LogP contribution in [0.5, 0.6) is 5.75 Å². The summed E-state index contributed by atoms with van der Waals surface area (Å²) >= 11 is 0. The Hall–Kier alpha value is -3.30. The van der Waals surface area contributed by atoms with E-state index in [4.69, 9.17) is 20.1 Å². The summed E-state index contributed by atoms with van der Waals surface area (Å²) in [5, 5.41) is 17.0. The third-order valence-corrected chi connectivity index (χ3v) is 6.74. The first-order valence-electron chi connectivity index (χ1n) is 11.5. The van der Waals surface area contributed by atoms with E-state index in [0.717, 1.165) is 29.7 Å². The van der Waals surface area contributed by atoms with Crippen molar-refractivity contribution >= 4 is 11.3 Å². The van der Waals surface area contributed by atoms with E-state index < -0.39 is 12.3 Å². The molecule has 0 amide bonds. The van der Waals surface area contributed by atoms with Gasteiger partial charge in [-0.15, -0.1) is 0 Å². The van der Waals surface area contributed by atoms with Gasteiger partial charge in [0.25, 0.3) is 0 Å². The van der Waals surface area contributed by atoms with Gasteiger partial charge in [0.1, 0.15) is 11.9 Å². The largest absolute Gasteiger partial charge is 0.491 e. The van der Waals surface area contributed by atoms with Crippen LogP contribution in [-0.2, 0) is 17.8 Å². The Bertz CT molecular complexity index is 1160. The number of benzene rings is 1. The van der Waals surface area contributed by atoms with Crippen LogP contribution in [0, 0.1) is 22.7 Å². The molecule has 0 bridgehead atoms. The van der Waals surface area contributed by atoms with Gasteiger partial charge < -0.3 is 14.9 Å². The fourth-order valence-corrected chi connectivity index (χ4v) is 4.58. The van der Waals surface area contributed by atoms with E-state index in [9.17, 15) is 0 Å². The molecule has 2 heterocycles. The lowest BCUT2D eigenvalue weighted by Crippen LogP contribution is -2.35. The molecule has 168 valence electrons. The van der Waals surface area contributed by atoms with Crippen LogP contribution in [0.2, 0.25) is 0 Å². The van der Waals surface area contributed by atoms with Gasteiger partial charge in [0.2, 0.25) is 0 Å². The first kappa shape index (κ1) is 21.5. The summed E-state index contributed by atoms with van der Waals surface area (Å²) < 4.78 is 28.0. The van der Waals surface area contributed by atoms with Gasteiger partial charge in [0.05, 0.1) is 30.5 Å². The molecular weight excluding hydrogens is 417 g/mol. The van der Waals surface area contributed by atoms with Crippen molar-refractivity contribution in [1.82, 2.24) is 4.98 Å². The number of alkyl halides is 1. The number of ether oxygens (including phenoxy) is 2. The van der Waals surface area contributed by atoms with Gasteiger partial charge >= 0.3 is 0 Å². The predicted octanol–water partition coefficient (Wildman–Crippen LogP) is 5.35. The Labute approximate surface area is 193 Å². The highest BCUT2D eigenvalue weighted by atomic mass is 19.1. The van der Waals surface area contributed by atoms with E-state index in [1.165, 1.54) is 6.42 Å². The zero-order valence-corrected chi connectivity index (χ0v) is 18.4. The number of rotatable bonds is 5. The lowest BCUT2D eigenvalue weighted by Gasteiger charge is -2.37. The number of hydrogen-bond donors (Lipinski definition) is 1. The van der Waals surface area contributed by atoms with Crippen molar-refractivity contribution in [2.24, 2.45) is 5.92 Å². The molecule has 1 aliphatic heterocycles. The average molecular weight is 444 g/mol. The first-order chi connectivity index (χ1) is 16.1. The number of halogens is 1. The number of nitrogens with zero attached hydrogens (tertiary/aromatic N) is 2. The average Bonchev–Trinajstić information content (AvgIpc) is 2.98. The first-order valence-corrected chi connectivity index (χ1v) is 11.5. The minimum absolute atomic E-state index is 0.280. The monoisotopic (exact) mass is 443 g/mol. The third-order valence-electron chi connectivity index (χ3n) is 6.74. The van der Waals surface area contributed by atoms with E-state index in [0.29, 0.717) is 53.5 Å². The molecule has 5 rings (SSSR count). The van der Waals surface area contributed by atoms with Crippen LogP contribution in [0.4, 0.5) is 4.39 Å². The molecular formula is C27H26FN3O2.